The van der Waals surface area contributed by atoms with E-state index < -0.39 is 17.1 Å². The topological polar surface area (TPSA) is 75.4 Å². The molecule has 35 heavy (non-hydrogen) atoms. The molecule has 0 unspecified atom stereocenters. The van der Waals surface area contributed by atoms with Gasteiger partial charge in [0, 0.05) is 23.2 Å². The van der Waals surface area contributed by atoms with Gasteiger partial charge in [0.15, 0.2) is 0 Å². The molecule has 3 fully saturated rings. The Kier molecular flexibility index (Phi) is 6.54. The van der Waals surface area contributed by atoms with Gasteiger partial charge in [0.25, 0.3) is 5.56 Å². The van der Waals surface area contributed by atoms with Gasteiger partial charge in [-0.3, -0.25) is 14.3 Å². The lowest BCUT2D eigenvalue weighted by Gasteiger charge is -2.60. The van der Waals surface area contributed by atoms with Crippen molar-refractivity contribution in [1.29, 1.82) is 0 Å². The minimum absolute atomic E-state index is 0.131. The van der Waals surface area contributed by atoms with Crippen LogP contribution in [0.15, 0.2) is 29.1 Å². The van der Waals surface area contributed by atoms with Gasteiger partial charge in [0.1, 0.15) is 0 Å². The first-order valence-corrected chi connectivity index (χ1v) is 13.8. The second-order valence-corrected chi connectivity index (χ2v) is 12.1. The number of benzene rings is 1. The Labute approximate surface area is 208 Å². The molecule has 190 valence electrons. The third kappa shape index (κ3) is 4.32. The third-order valence-corrected chi connectivity index (χ3v) is 9.48. The van der Waals surface area contributed by atoms with Crippen LogP contribution >= 0.6 is 0 Å². The number of nitrogens with zero attached hydrogens (tertiary/aromatic N) is 3. The van der Waals surface area contributed by atoms with Crippen molar-refractivity contribution < 1.29 is 9.90 Å². The van der Waals surface area contributed by atoms with E-state index in [0.717, 1.165) is 31.2 Å². The van der Waals surface area contributed by atoms with E-state index in [1.807, 2.05) is 24.3 Å². The van der Waals surface area contributed by atoms with E-state index in [1.165, 1.54) is 51.4 Å². The van der Waals surface area contributed by atoms with Gasteiger partial charge >= 0.3 is 5.97 Å². The summed E-state index contributed by atoms with van der Waals surface area (Å²) in [6.07, 6.45) is 14.7. The predicted octanol–water partition coefficient (Wildman–Crippen LogP) is 5.97. The first-order chi connectivity index (χ1) is 16.7. The van der Waals surface area contributed by atoms with Crippen LogP contribution in [0.25, 0.3) is 11.0 Å². The summed E-state index contributed by atoms with van der Waals surface area (Å²) in [7, 11) is 0. The van der Waals surface area contributed by atoms with Gasteiger partial charge in [0.2, 0.25) is 5.69 Å². The molecule has 1 saturated carbocycles. The number of para-hydroxylation sites is 2. The molecule has 1 aromatic carbocycles. The fraction of sp³-hybridized carbons (Fsp3) is 0.690. The van der Waals surface area contributed by atoms with Crippen LogP contribution in [0.2, 0.25) is 0 Å². The molecule has 0 amide bonds. The summed E-state index contributed by atoms with van der Waals surface area (Å²) in [4.78, 5) is 32.5. The smallest absolute Gasteiger partial charge is 0.360 e. The van der Waals surface area contributed by atoms with Crippen LogP contribution in [0, 0.1) is 5.92 Å². The molecule has 0 spiro atoms. The SMILES string of the molecule is CC(C)(C1CCCCCCC1)N1[C@@H]2CCC[C@H]1C[C@@](C)(n1c(=O)c(C(=O)O)nc3ccccc31)C2. The number of carboxylic acids is 1. The Morgan fingerprint density at radius 3 is 2.20 bits per heavy atom. The lowest BCUT2D eigenvalue weighted by molar-refractivity contribution is -0.0994. The standard InChI is InChI=1S/C29H41N3O3/c1-28(2,20-12-7-5-4-6-8-13-20)31-21-14-11-15-22(31)19-29(3,18-21)32-24-17-10-9-16-23(24)30-25(26(32)33)27(34)35/h9-10,16-17,20-22H,4-8,11-15,18-19H2,1-3H3,(H,34,35)/t21-,22+,29+. The minimum Gasteiger partial charge on any atom is -0.476 e. The molecule has 3 heterocycles. The van der Waals surface area contributed by atoms with Crippen LogP contribution in [0.1, 0.15) is 108 Å². The van der Waals surface area contributed by atoms with Gasteiger partial charge in [-0.05, 0) is 77.3 Å². The summed E-state index contributed by atoms with van der Waals surface area (Å²) in [6.45, 7) is 7.13. The molecular formula is C29H41N3O3. The molecule has 1 aromatic heterocycles. The average Bonchev–Trinajstić information content (AvgIpc) is 2.77. The highest BCUT2D eigenvalue weighted by Crippen LogP contribution is 2.49. The number of piperidine rings is 2. The highest BCUT2D eigenvalue weighted by atomic mass is 16.4. The Morgan fingerprint density at radius 1 is 0.971 bits per heavy atom. The monoisotopic (exact) mass is 479 g/mol. The summed E-state index contributed by atoms with van der Waals surface area (Å²) in [5.41, 5.74) is 0.180. The van der Waals surface area contributed by atoms with Crippen LogP contribution in [-0.4, -0.2) is 43.1 Å². The zero-order valence-corrected chi connectivity index (χ0v) is 21.6. The Bertz CT molecular complexity index is 1130. The van der Waals surface area contributed by atoms with Crippen LogP contribution < -0.4 is 5.56 Å². The number of aromatic nitrogens is 2. The van der Waals surface area contributed by atoms with Crippen molar-refractivity contribution in [3.8, 4) is 0 Å². The Morgan fingerprint density at radius 2 is 1.57 bits per heavy atom. The van der Waals surface area contributed by atoms with E-state index in [-0.39, 0.29) is 11.2 Å². The fourth-order valence-corrected chi connectivity index (χ4v) is 7.97. The number of hydrogen-bond acceptors (Lipinski definition) is 4. The van der Waals surface area contributed by atoms with E-state index in [2.05, 4.69) is 30.7 Å². The molecule has 2 aliphatic heterocycles. The Balaban J connectivity index is 1.54. The number of rotatable bonds is 4. The van der Waals surface area contributed by atoms with Gasteiger partial charge in [0.05, 0.1) is 11.0 Å². The first kappa shape index (κ1) is 24.5. The summed E-state index contributed by atoms with van der Waals surface area (Å²) in [5, 5.41) is 9.75. The number of aromatic carboxylic acids is 1. The highest BCUT2D eigenvalue weighted by molar-refractivity contribution is 5.88. The van der Waals surface area contributed by atoms with Gasteiger partial charge in [-0.25, -0.2) is 9.78 Å². The average molecular weight is 480 g/mol. The molecule has 6 heteroatoms. The molecule has 5 rings (SSSR count). The van der Waals surface area contributed by atoms with Gasteiger partial charge < -0.3 is 5.11 Å². The molecule has 3 atom stereocenters. The molecule has 2 bridgehead atoms. The maximum Gasteiger partial charge on any atom is 0.360 e. The van der Waals surface area contributed by atoms with Gasteiger partial charge in [-0.2, -0.15) is 0 Å². The zero-order valence-electron chi connectivity index (χ0n) is 21.6. The second-order valence-electron chi connectivity index (χ2n) is 12.1. The number of carbonyl (C=O) groups is 1. The largest absolute Gasteiger partial charge is 0.476 e. The van der Waals surface area contributed by atoms with Crippen molar-refractivity contribution in [1.82, 2.24) is 14.5 Å². The van der Waals surface area contributed by atoms with Crippen molar-refractivity contribution in [3.63, 3.8) is 0 Å². The molecule has 1 N–H and O–H groups in total. The molecule has 1 aliphatic carbocycles. The third-order valence-electron chi connectivity index (χ3n) is 9.48. The fourth-order valence-electron chi connectivity index (χ4n) is 7.97. The molecule has 2 saturated heterocycles. The van der Waals surface area contributed by atoms with Crippen molar-refractivity contribution in [2.45, 2.75) is 121 Å². The summed E-state index contributed by atoms with van der Waals surface area (Å²) in [6, 6.07) is 8.31. The lowest BCUT2D eigenvalue weighted by atomic mass is 9.68. The van der Waals surface area contributed by atoms with Crippen molar-refractivity contribution in [2.75, 3.05) is 0 Å². The zero-order chi connectivity index (χ0) is 24.8. The molecule has 6 nitrogen and oxygen atoms in total. The predicted molar refractivity (Wildman–Crippen MR) is 139 cm³/mol. The van der Waals surface area contributed by atoms with E-state index in [1.54, 1.807) is 4.57 Å². The minimum atomic E-state index is -1.25. The van der Waals surface area contributed by atoms with E-state index >= 15 is 0 Å². The molecule has 0 radical (unpaired) electrons. The van der Waals surface area contributed by atoms with Crippen molar-refractivity contribution in [3.05, 3.63) is 40.3 Å². The number of hydrogen-bond donors (Lipinski definition) is 1. The van der Waals surface area contributed by atoms with Crippen molar-refractivity contribution in [2.24, 2.45) is 5.92 Å². The van der Waals surface area contributed by atoms with Crippen molar-refractivity contribution >= 4 is 17.0 Å². The van der Waals surface area contributed by atoms with Crippen LogP contribution in [-0.2, 0) is 5.54 Å². The second kappa shape index (κ2) is 9.34. The molecule has 3 aliphatic rings. The van der Waals surface area contributed by atoms with E-state index in [4.69, 9.17) is 0 Å². The number of carboxylic acid groups (broad SMARTS) is 1. The Hall–Kier alpha value is -2.21. The normalized spacial score (nSPS) is 29.0. The lowest BCUT2D eigenvalue weighted by Crippen LogP contribution is -2.66. The highest BCUT2D eigenvalue weighted by Gasteiger charge is 2.51. The molecular weight excluding hydrogens is 438 g/mol. The maximum absolute atomic E-state index is 13.6. The molecule has 2 aromatic rings. The summed E-state index contributed by atoms with van der Waals surface area (Å²) < 4.78 is 1.80. The van der Waals surface area contributed by atoms with Crippen LogP contribution in [0.3, 0.4) is 0 Å². The van der Waals surface area contributed by atoms with Gasteiger partial charge in [-0.15, -0.1) is 0 Å². The van der Waals surface area contributed by atoms with Crippen LogP contribution in [0.4, 0.5) is 0 Å². The van der Waals surface area contributed by atoms with E-state index in [9.17, 15) is 14.7 Å². The summed E-state index contributed by atoms with van der Waals surface area (Å²) >= 11 is 0. The number of fused-ring (bicyclic) bond motifs is 3. The van der Waals surface area contributed by atoms with Crippen LogP contribution in [0.5, 0.6) is 0 Å². The van der Waals surface area contributed by atoms with E-state index in [0.29, 0.717) is 23.5 Å². The first-order valence-electron chi connectivity index (χ1n) is 13.8. The maximum atomic E-state index is 13.6. The van der Waals surface area contributed by atoms with Gasteiger partial charge in [-0.1, -0.05) is 50.7 Å². The summed E-state index contributed by atoms with van der Waals surface area (Å²) in [5.74, 6) is -0.542. The quantitative estimate of drug-likeness (QED) is 0.585.